The molecule has 0 saturated heterocycles. The van der Waals surface area contributed by atoms with Crippen LogP contribution in [0.2, 0.25) is 0 Å². The molecule has 1 aromatic heterocycles. The van der Waals surface area contributed by atoms with Gasteiger partial charge >= 0.3 is 0 Å². The molecule has 1 saturated carbocycles. The maximum atomic E-state index is 12.4. The number of ether oxygens (including phenoxy) is 1. The standard InChI is InChI=1S/C18H19N3O3/c1-2-24-18-15(4-3-11-19-18)17(23)21-13-7-5-12(6-8-13)16(22)20-14-9-10-14/h3-8,11,14H,2,9-10H2,1H3,(H,20,22)(H,21,23). The van der Waals surface area contributed by atoms with Crippen LogP contribution >= 0.6 is 0 Å². The molecule has 1 fully saturated rings. The van der Waals surface area contributed by atoms with E-state index in [0.717, 1.165) is 12.8 Å². The lowest BCUT2D eigenvalue weighted by Gasteiger charge is -2.10. The van der Waals surface area contributed by atoms with Crippen LogP contribution < -0.4 is 15.4 Å². The maximum Gasteiger partial charge on any atom is 0.261 e. The summed E-state index contributed by atoms with van der Waals surface area (Å²) in [6.45, 7) is 2.27. The van der Waals surface area contributed by atoms with E-state index in [-0.39, 0.29) is 11.8 Å². The number of hydrogen-bond acceptors (Lipinski definition) is 4. The van der Waals surface area contributed by atoms with Crippen LogP contribution in [-0.2, 0) is 0 Å². The van der Waals surface area contributed by atoms with Gasteiger partial charge in [-0.2, -0.15) is 0 Å². The van der Waals surface area contributed by atoms with Gasteiger partial charge in [0.1, 0.15) is 5.56 Å². The van der Waals surface area contributed by atoms with Crippen LogP contribution in [0.25, 0.3) is 0 Å². The minimum absolute atomic E-state index is 0.0822. The molecular weight excluding hydrogens is 306 g/mol. The summed E-state index contributed by atoms with van der Waals surface area (Å²) in [5.74, 6) is -0.0825. The third-order valence-electron chi connectivity index (χ3n) is 3.61. The fraction of sp³-hybridized carbons (Fsp3) is 0.278. The number of hydrogen-bond donors (Lipinski definition) is 2. The van der Waals surface area contributed by atoms with Crippen molar-refractivity contribution < 1.29 is 14.3 Å². The van der Waals surface area contributed by atoms with E-state index in [0.29, 0.717) is 35.3 Å². The fourth-order valence-electron chi connectivity index (χ4n) is 2.22. The molecule has 124 valence electrons. The van der Waals surface area contributed by atoms with Crippen LogP contribution in [0.3, 0.4) is 0 Å². The predicted molar refractivity (Wildman–Crippen MR) is 90.3 cm³/mol. The summed E-state index contributed by atoms with van der Waals surface area (Å²) in [6.07, 6.45) is 3.68. The number of nitrogens with one attached hydrogen (secondary N) is 2. The van der Waals surface area contributed by atoms with Gasteiger partial charge in [0.25, 0.3) is 11.8 Å². The van der Waals surface area contributed by atoms with Crippen molar-refractivity contribution in [1.29, 1.82) is 0 Å². The highest BCUT2D eigenvalue weighted by Gasteiger charge is 2.23. The molecule has 0 bridgehead atoms. The van der Waals surface area contributed by atoms with Gasteiger partial charge in [-0.1, -0.05) is 0 Å². The molecule has 3 rings (SSSR count). The molecule has 0 unspecified atom stereocenters. The minimum atomic E-state index is -0.304. The van der Waals surface area contributed by atoms with Gasteiger partial charge in [-0.25, -0.2) is 4.98 Å². The second-order valence-corrected chi connectivity index (χ2v) is 5.57. The molecule has 6 nitrogen and oxygen atoms in total. The fourth-order valence-corrected chi connectivity index (χ4v) is 2.22. The quantitative estimate of drug-likeness (QED) is 0.855. The Bertz CT molecular complexity index is 739. The molecule has 2 N–H and O–H groups in total. The van der Waals surface area contributed by atoms with Crippen molar-refractivity contribution in [3.8, 4) is 5.88 Å². The summed E-state index contributed by atoms with van der Waals surface area (Å²) in [5.41, 5.74) is 1.56. The average Bonchev–Trinajstić information content (AvgIpc) is 3.40. The van der Waals surface area contributed by atoms with Crippen molar-refractivity contribution in [1.82, 2.24) is 10.3 Å². The first-order valence-electron chi connectivity index (χ1n) is 7.97. The smallest absolute Gasteiger partial charge is 0.261 e. The maximum absolute atomic E-state index is 12.4. The number of rotatable bonds is 6. The van der Waals surface area contributed by atoms with Crippen molar-refractivity contribution in [2.45, 2.75) is 25.8 Å². The lowest BCUT2D eigenvalue weighted by molar-refractivity contribution is 0.0950. The molecule has 6 heteroatoms. The Balaban J connectivity index is 1.67. The van der Waals surface area contributed by atoms with Crippen LogP contribution in [0.15, 0.2) is 42.6 Å². The van der Waals surface area contributed by atoms with E-state index in [9.17, 15) is 9.59 Å². The van der Waals surface area contributed by atoms with Crippen LogP contribution in [0.5, 0.6) is 5.88 Å². The van der Waals surface area contributed by atoms with Gasteiger partial charge in [0, 0.05) is 23.5 Å². The molecule has 24 heavy (non-hydrogen) atoms. The largest absolute Gasteiger partial charge is 0.477 e. The van der Waals surface area contributed by atoms with E-state index in [1.807, 2.05) is 6.92 Å². The van der Waals surface area contributed by atoms with E-state index >= 15 is 0 Å². The summed E-state index contributed by atoms with van der Waals surface area (Å²) in [6, 6.07) is 10.5. The van der Waals surface area contributed by atoms with Crippen molar-refractivity contribution >= 4 is 17.5 Å². The minimum Gasteiger partial charge on any atom is -0.477 e. The summed E-state index contributed by atoms with van der Waals surface area (Å²) < 4.78 is 5.36. The molecule has 0 aliphatic heterocycles. The first-order chi connectivity index (χ1) is 11.7. The molecule has 1 aliphatic rings. The molecule has 2 amide bonds. The van der Waals surface area contributed by atoms with Crippen LogP contribution in [0.4, 0.5) is 5.69 Å². The van der Waals surface area contributed by atoms with Gasteiger partial charge in [-0.3, -0.25) is 9.59 Å². The summed E-state index contributed by atoms with van der Waals surface area (Å²) in [7, 11) is 0. The number of nitrogens with zero attached hydrogens (tertiary/aromatic N) is 1. The molecule has 1 aromatic carbocycles. The summed E-state index contributed by atoms with van der Waals surface area (Å²) in [5, 5.41) is 5.71. The average molecular weight is 325 g/mol. The molecule has 0 atom stereocenters. The van der Waals surface area contributed by atoms with E-state index in [2.05, 4.69) is 15.6 Å². The molecule has 1 aliphatic carbocycles. The first-order valence-corrected chi connectivity index (χ1v) is 7.97. The van der Waals surface area contributed by atoms with Gasteiger partial charge in [-0.05, 0) is 56.2 Å². The third kappa shape index (κ3) is 3.90. The summed E-state index contributed by atoms with van der Waals surface area (Å²) in [4.78, 5) is 28.4. The van der Waals surface area contributed by atoms with Crippen LogP contribution in [0, 0.1) is 0 Å². The van der Waals surface area contributed by atoms with Crippen molar-refractivity contribution in [3.05, 3.63) is 53.7 Å². The second kappa shape index (κ2) is 7.12. The van der Waals surface area contributed by atoms with Crippen molar-refractivity contribution in [2.75, 3.05) is 11.9 Å². The van der Waals surface area contributed by atoms with Gasteiger partial charge < -0.3 is 15.4 Å². The number of carbonyl (C=O) groups excluding carboxylic acids is 2. The van der Waals surface area contributed by atoms with Crippen LogP contribution in [-0.4, -0.2) is 29.4 Å². The van der Waals surface area contributed by atoms with E-state index in [1.54, 1.807) is 42.6 Å². The highest BCUT2D eigenvalue weighted by atomic mass is 16.5. The molecule has 0 radical (unpaired) electrons. The number of anilines is 1. The Morgan fingerprint density at radius 3 is 2.58 bits per heavy atom. The van der Waals surface area contributed by atoms with Crippen molar-refractivity contribution in [3.63, 3.8) is 0 Å². The zero-order valence-electron chi connectivity index (χ0n) is 13.4. The molecule has 1 heterocycles. The Hall–Kier alpha value is -2.89. The lowest BCUT2D eigenvalue weighted by Crippen LogP contribution is -2.25. The zero-order chi connectivity index (χ0) is 16.9. The van der Waals surface area contributed by atoms with Crippen LogP contribution in [0.1, 0.15) is 40.5 Å². The Morgan fingerprint density at radius 2 is 1.92 bits per heavy atom. The predicted octanol–water partition coefficient (Wildman–Crippen LogP) is 2.62. The first kappa shape index (κ1) is 16.0. The Labute approximate surface area is 140 Å². The third-order valence-corrected chi connectivity index (χ3v) is 3.61. The number of pyridine rings is 1. The number of amides is 2. The number of carbonyl (C=O) groups is 2. The molecular formula is C18H19N3O3. The normalized spacial score (nSPS) is 13.2. The monoisotopic (exact) mass is 325 g/mol. The zero-order valence-corrected chi connectivity index (χ0v) is 13.4. The van der Waals surface area contributed by atoms with Gasteiger partial charge in [0.05, 0.1) is 6.61 Å². The van der Waals surface area contributed by atoms with E-state index in [4.69, 9.17) is 4.74 Å². The highest BCUT2D eigenvalue weighted by Crippen LogP contribution is 2.20. The SMILES string of the molecule is CCOc1ncccc1C(=O)Nc1ccc(C(=O)NC2CC2)cc1. The molecule has 0 spiro atoms. The van der Waals surface area contributed by atoms with Gasteiger partial charge in [0.15, 0.2) is 0 Å². The topological polar surface area (TPSA) is 80.3 Å². The van der Waals surface area contributed by atoms with E-state index in [1.165, 1.54) is 0 Å². The lowest BCUT2D eigenvalue weighted by atomic mass is 10.2. The second-order valence-electron chi connectivity index (χ2n) is 5.57. The number of aromatic nitrogens is 1. The Kier molecular flexibility index (Phi) is 4.74. The number of benzene rings is 1. The highest BCUT2D eigenvalue weighted by molar-refractivity contribution is 6.06. The Morgan fingerprint density at radius 1 is 1.17 bits per heavy atom. The van der Waals surface area contributed by atoms with Gasteiger partial charge in [-0.15, -0.1) is 0 Å². The van der Waals surface area contributed by atoms with Crippen molar-refractivity contribution in [2.24, 2.45) is 0 Å². The van der Waals surface area contributed by atoms with E-state index < -0.39 is 0 Å². The summed E-state index contributed by atoms with van der Waals surface area (Å²) >= 11 is 0. The molecule has 2 aromatic rings. The van der Waals surface area contributed by atoms with Gasteiger partial charge in [0.2, 0.25) is 5.88 Å².